The molecule has 0 aliphatic heterocycles. The maximum atomic E-state index is 5.38. The van der Waals surface area contributed by atoms with Crippen LogP contribution in [0.4, 0.5) is 0 Å². The molecule has 0 aliphatic rings. The lowest BCUT2D eigenvalue weighted by Crippen LogP contribution is -2.24. The summed E-state index contributed by atoms with van der Waals surface area (Å²) in [5.74, 6) is 3.02. The second-order valence-corrected chi connectivity index (χ2v) is 5.18. The van der Waals surface area contributed by atoms with E-state index in [1.807, 2.05) is 25.2 Å². The predicted octanol–water partition coefficient (Wildman–Crippen LogP) is 2.44. The molecule has 0 saturated heterocycles. The van der Waals surface area contributed by atoms with Crippen molar-refractivity contribution in [2.45, 2.75) is 32.2 Å². The summed E-state index contributed by atoms with van der Waals surface area (Å²) in [6, 6.07) is 6.08. The summed E-state index contributed by atoms with van der Waals surface area (Å²) in [5, 5.41) is 7.17. The minimum atomic E-state index is 0. The van der Waals surface area contributed by atoms with Crippen LogP contribution in [0.1, 0.15) is 24.2 Å². The first-order valence-electron chi connectivity index (χ1n) is 7.36. The van der Waals surface area contributed by atoms with Crippen LogP contribution in [0.25, 0.3) is 0 Å². The first kappa shape index (κ1) is 19.3. The van der Waals surface area contributed by atoms with Crippen molar-refractivity contribution in [3.05, 3.63) is 35.5 Å². The number of hydrogen-bond donors (Lipinski definition) is 1. The van der Waals surface area contributed by atoms with Crippen molar-refractivity contribution in [3.8, 4) is 11.5 Å². The Bertz CT molecular complexity index is 604. The van der Waals surface area contributed by atoms with Crippen LogP contribution in [0.5, 0.6) is 11.5 Å². The second kappa shape index (κ2) is 9.37. The Labute approximate surface area is 143 Å². The van der Waals surface area contributed by atoms with Crippen LogP contribution < -0.4 is 14.8 Å². The number of ether oxygens (including phenoxy) is 2. The molecule has 0 radical (unpaired) electrons. The summed E-state index contributed by atoms with van der Waals surface area (Å²) in [4.78, 5) is 4.42. The molecule has 1 heterocycles. The van der Waals surface area contributed by atoms with Gasteiger partial charge in [0.05, 0.1) is 14.2 Å². The summed E-state index contributed by atoms with van der Waals surface area (Å²) < 4.78 is 15.9. The molecule has 6 nitrogen and oxygen atoms in total. The molecule has 1 N–H and O–H groups in total. The van der Waals surface area contributed by atoms with Crippen LogP contribution in [-0.2, 0) is 19.3 Å². The molecular weight excluding hydrogens is 318 g/mol. The summed E-state index contributed by atoms with van der Waals surface area (Å²) in [6.07, 6.45) is 2.18. The van der Waals surface area contributed by atoms with Crippen molar-refractivity contribution in [3.63, 3.8) is 0 Å². The van der Waals surface area contributed by atoms with Crippen LogP contribution in [0.15, 0.2) is 22.7 Å². The maximum Gasteiger partial charge on any atom is 0.226 e. The van der Waals surface area contributed by atoms with Gasteiger partial charge in [-0.1, -0.05) is 5.16 Å². The lowest BCUT2D eigenvalue weighted by atomic mass is 10.1. The van der Waals surface area contributed by atoms with Gasteiger partial charge in [0, 0.05) is 18.9 Å². The van der Waals surface area contributed by atoms with E-state index in [1.54, 1.807) is 14.2 Å². The summed E-state index contributed by atoms with van der Waals surface area (Å²) >= 11 is 0. The van der Waals surface area contributed by atoms with Crippen LogP contribution in [0, 0.1) is 0 Å². The molecule has 0 aliphatic carbocycles. The Kier molecular flexibility index (Phi) is 7.85. The van der Waals surface area contributed by atoms with Crippen molar-refractivity contribution >= 4 is 12.4 Å². The van der Waals surface area contributed by atoms with Gasteiger partial charge in [0.25, 0.3) is 0 Å². The number of aryl methyl sites for hydroxylation is 2. The number of nitrogens with zero attached hydrogens (tertiary/aromatic N) is 2. The molecule has 0 bridgehead atoms. The minimum Gasteiger partial charge on any atom is -0.497 e. The van der Waals surface area contributed by atoms with E-state index < -0.39 is 0 Å². The number of methoxy groups -OCH3 is 2. The molecule has 1 aromatic heterocycles. The van der Waals surface area contributed by atoms with Crippen LogP contribution >= 0.6 is 12.4 Å². The van der Waals surface area contributed by atoms with Crippen molar-refractivity contribution in [1.82, 2.24) is 15.5 Å². The zero-order chi connectivity index (χ0) is 15.9. The summed E-state index contributed by atoms with van der Waals surface area (Å²) in [6.45, 7) is 2.08. The SMILES string of the molecule is CNC(C)Cc1noc(CCc2cc(OC)ccc2OC)n1.Cl. The average molecular weight is 342 g/mol. The van der Waals surface area contributed by atoms with Gasteiger partial charge in [-0.2, -0.15) is 4.98 Å². The Morgan fingerprint density at radius 3 is 2.65 bits per heavy atom. The van der Waals surface area contributed by atoms with Crippen LogP contribution in [0.2, 0.25) is 0 Å². The van der Waals surface area contributed by atoms with Gasteiger partial charge in [-0.15, -0.1) is 12.4 Å². The highest BCUT2D eigenvalue weighted by atomic mass is 35.5. The Balaban J connectivity index is 0.00000264. The lowest BCUT2D eigenvalue weighted by molar-refractivity contribution is 0.368. The number of rotatable bonds is 8. The topological polar surface area (TPSA) is 69.4 Å². The number of nitrogens with one attached hydrogen (secondary N) is 1. The minimum absolute atomic E-state index is 0. The van der Waals surface area contributed by atoms with Crippen molar-refractivity contribution in [1.29, 1.82) is 0 Å². The molecule has 0 spiro atoms. The molecule has 1 aromatic carbocycles. The molecule has 23 heavy (non-hydrogen) atoms. The molecule has 0 amide bonds. The smallest absolute Gasteiger partial charge is 0.226 e. The fourth-order valence-corrected chi connectivity index (χ4v) is 2.17. The normalized spacial score (nSPS) is 11.7. The number of halogens is 1. The standard InChI is InChI=1S/C16H23N3O3.ClH/c1-11(17-2)9-15-18-16(22-19-15)8-5-12-10-13(20-3)6-7-14(12)21-4;/h6-7,10-11,17H,5,8-9H2,1-4H3;1H. The van der Waals surface area contributed by atoms with E-state index in [2.05, 4.69) is 22.4 Å². The van der Waals surface area contributed by atoms with Crippen molar-refractivity contribution < 1.29 is 14.0 Å². The molecule has 0 saturated carbocycles. The predicted molar refractivity (Wildman–Crippen MR) is 90.7 cm³/mol. The third kappa shape index (κ3) is 5.41. The third-order valence-corrected chi connectivity index (χ3v) is 3.59. The number of hydrogen-bond acceptors (Lipinski definition) is 6. The number of likely N-dealkylation sites (N-methyl/N-ethyl adjacent to an activating group) is 1. The highest BCUT2D eigenvalue weighted by molar-refractivity contribution is 5.85. The van der Waals surface area contributed by atoms with Gasteiger partial charge in [0.1, 0.15) is 11.5 Å². The Hall–Kier alpha value is -1.79. The molecule has 7 heteroatoms. The lowest BCUT2D eigenvalue weighted by Gasteiger charge is -2.09. The third-order valence-electron chi connectivity index (χ3n) is 3.59. The van der Waals surface area contributed by atoms with E-state index >= 15 is 0 Å². The van der Waals surface area contributed by atoms with E-state index in [4.69, 9.17) is 14.0 Å². The van der Waals surface area contributed by atoms with Gasteiger partial charge in [0.15, 0.2) is 5.82 Å². The monoisotopic (exact) mass is 341 g/mol. The first-order valence-corrected chi connectivity index (χ1v) is 7.36. The van der Waals surface area contributed by atoms with E-state index in [-0.39, 0.29) is 12.4 Å². The largest absolute Gasteiger partial charge is 0.497 e. The van der Waals surface area contributed by atoms with Gasteiger partial charge < -0.3 is 19.3 Å². The van der Waals surface area contributed by atoms with Crippen molar-refractivity contribution in [2.24, 2.45) is 0 Å². The van der Waals surface area contributed by atoms with E-state index in [0.29, 0.717) is 18.4 Å². The number of benzene rings is 1. The molecule has 1 unspecified atom stereocenters. The molecule has 128 valence electrons. The molecule has 2 rings (SSSR count). The molecule has 0 fully saturated rings. The fraction of sp³-hybridized carbons (Fsp3) is 0.500. The Morgan fingerprint density at radius 1 is 1.22 bits per heavy atom. The van der Waals surface area contributed by atoms with Gasteiger partial charge in [-0.25, -0.2) is 0 Å². The second-order valence-electron chi connectivity index (χ2n) is 5.18. The Morgan fingerprint density at radius 2 is 2.00 bits per heavy atom. The van der Waals surface area contributed by atoms with Crippen LogP contribution in [-0.4, -0.2) is 37.4 Å². The summed E-state index contributed by atoms with van der Waals surface area (Å²) in [7, 11) is 5.23. The van der Waals surface area contributed by atoms with Crippen molar-refractivity contribution in [2.75, 3.05) is 21.3 Å². The molecular formula is C16H24ClN3O3. The van der Waals surface area contributed by atoms with E-state index in [1.165, 1.54) is 0 Å². The average Bonchev–Trinajstić information content (AvgIpc) is 2.99. The van der Waals surface area contributed by atoms with Crippen LogP contribution in [0.3, 0.4) is 0 Å². The van der Waals surface area contributed by atoms with Gasteiger partial charge in [0.2, 0.25) is 5.89 Å². The fourth-order valence-electron chi connectivity index (χ4n) is 2.17. The zero-order valence-electron chi connectivity index (χ0n) is 14.0. The quantitative estimate of drug-likeness (QED) is 0.795. The highest BCUT2D eigenvalue weighted by Gasteiger charge is 2.11. The van der Waals surface area contributed by atoms with Gasteiger partial charge in [-0.3, -0.25) is 0 Å². The summed E-state index contributed by atoms with van der Waals surface area (Å²) in [5.41, 5.74) is 1.06. The highest BCUT2D eigenvalue weighted by Crippen LogP contribution is 2.25. The first-order chi connectivity index (χ1) is 10.7. The number of aromatic nitrogens is 2. The molecule has 1 atom stereocenters. The van der Waals surface area contributed by atoms with Gasteiger partial charge >= 0.3 is 0 Å². The van der Waals surface area contributed by atoms with E-state index in [0.717, 1.165) is 35.7 Å². The van der Waals surface area contributed by atoms with E-state index in [9.17, 15) is 0 Å². The van der Waals surface area contributed by atoms with Gasteiger partial charge in [-0.05, 0) is 44.2 Å². The molecule has 2 aromatic rings. The maximum absolute atomic E-state index is 5.38. The zero-order valence-corrected chi connectivity index (χ0v) is 14.8.